The fourth-order valence-corrected chi connectivity index (χ4v) is 3.37. The van der Waals surface area contributed by atoms with Crippen molar-refractivity contribution in [1.29, 1.82) is 0 Å². The number of pyridine rings is 1. The van der Waals surface area contributed by atoms with Crippen LogP contribution in [0.2, 0.25) is 0 Å². The van der Waals surface area contributed by atoms with Crippen LogP contribution in [0, 0.1) is 10.1 Å². The molecule has 34 heavy (non-hydrogen) atoms. The summed E-state index contributed by atoms with van der Waals surface area (Å²) in [4.78, 5) is 64.4. The third-order valence-corrected chi connectivity index (χ3v) is 5.08. The van der Waals surface area contributed by atoms with Gasteiger partial charge in [0.25, 0.3) is 23.4 Å². The van der Waals surface area contributed by atoms with Gasteiger partial charge in [-0.15, -0.1) is 0 Å². The molecule has 0 bridgehead atoms. The quantitative estimate of drug-likeness (QED) is 0.312. The van der Waals surface area contributed by atoms with Gasteiger partial charge < -0.3 is 10.6 Å². The number of rotatable bonds is 7. The molecule has 170 valence electrons. The van der Waals surface area contributed by atoms with E-state index in [1.165, 1.54) is 12.3 Å². The monoisotopic (exact) mass is 459 g/mol. The molecule has 2 aromatic carbocycles. The molecule has 0 aliphatic carbocycles. The van der Waals surface area contributed by atoms with Crippen LogP contribution in [0.3, 0.4) is 0 Å². The maximum Gasteiger partial charge on any atom is 0.270 e. The van der Waals surface area contributed by atoms with Gasteiger partial charge in [0.05, 0.1) is 21.6 Å². The van der Waals surface area contributed by atoms with Crippen molar-refractivity contribution < 1.29 is 24.1 Å². The van der Waals surface area contributed by atoms with Crippen LogP contribution in [0.4, 0.5) is 11.4 Å². The Balaban J connectivity index is 1.33. The lowest BCUT2D eigenvalue weighted by Gasteiger charge is -2.14. The van der Waals surface area contributed by atoms with E-state index in [0.717, 1.165) is 22.6 Å². The number of hydrogen-bond donors (Lipinski definition) is 2. The molecule has 1 aromatic heterocycles. The topological polar surface area (TPSA) is 152 Å². The van der Waals surface area contributed by atoms with Gasteiger partial charge in [-0.05, 0) is 35.9 Å². The zero-order valence-electron chi connectivity index (χ0n) is 17.6. The number of carbonyl (C=O) groups is 4. The van der Waals surface area contributed by atoms with Crippen molar-refractivity contribution in [3.8, 4) is 0 Å². The van der Waals surface area contributed by atoms with E-state index in [0.29, 0.717) is 11.3 Å². The molecule has 11 nitrogen and oxygen atoms in total. The average Bonchev–Trinajstić information content (AvgIpc) is 3.08. The van der Waals surface area contributed by atoms with Crippen LogP contribution in [0.1, 0.15) is 36.6 Å². The van der Waals surface area contributed by atoms with Crippen molar-refractivity contribution in [2.24, 2.45) is 0 Å². The summed E-state index contributed by atoms with van der Waals surface area (Å²) in [6.45, 7) is -0.272. The fraction of sp³-hybridized carbons (Fsp3) is 0.0870. The number of nitrogens with one attached hydrogen (secondary N) is 2. The second-order valence-corrected chi connectivity index (χ2v) is 7.35. The van der Waals surface area contributed by atoms with E-state index in [2.05, 4.69) is 15.6 Å². The molecule has 4 rings (SSSR count). The molecule has 0 radical (unpaired) electrons. The first-order valence-corrected chi connectivity index (χ1v) is 10.0. The summed E-state index contributed by atoms with van der Waals surface area (Å²) < 4.78 is 0. The Kier molecular flexibility index (Phi) is 6.08. The number of nitro benzene ring substituents is 1. The van der Waals surface area contributed by atoms with Gasteiger partial charge in [-0.2, -0.15) is 0 Å². The van der Waals surface area contributed by atoms with E-state index in [-0.39, 0.29) is 29.3 Å². The van der Waals surface area contributed by atoms with Crippen molar-refractivity contribution >= 4 is 35.0 Å². The normalized spacial score (nSPS) is 12.3. The molecule has 0 saturated heterocycles. The number of carbonyl (C=O) groups excluding carboxylic acids is 4. The minimum Gasteiger partial charge on any atom is -0.348 e. The Morgan fingerprint density at radius 1 is 1.00 bits per heavy atom. The van der Waals surface area contributed by atoms with Crippen LogP contribution >= 0.6 is 0 Å². The first kappa shape index (κ1) is 22.3. The number of amides is 4. The van der Waals surface area contributed by atoms with Crippen LogP contribution in [-0.4, -0.2) is 45.0 Å². The summed E-state index contributed by atoms with van der Waals surface area (Å²) in [5.41, 5.74) is 1.25. The lowest BCUT2D eigenvalue weighted by molar-refractivity contribution is -0.384. The Morgan fingerprint density at radius 2 is 1.74 bits per heavy atom. The van der Waals surface area contributed by atoms with Gasteiger partial charge in [0.2, 0.25) is 5.91 Å². The maximum atomic E-state index is 12.5. The van der Waals surface area contributed by atoms with Gasteiger partial charge in [0, 0.05) is 36.8 Å². The van der Waals surface area contributed by atoms with E-state index in [1.807, 2.05) is 0 Å². The standard InChI is InChI=1S/C23H17N5O6/c29-20(13-27-22(31)18-8-7-17(28(33)34)10-19(18)23(27)32)26-16-5-3-14(4-6-16)11-25-21(30)15-2-1-9-24-12-15/h1-10,12H,11,13H2,(H,25,30)(H,26,29). The van der Waals surface area contributed by atoms with Crippen LogP contribution in [0.15, 0.2) is 67.0 Å². The lowest BCUT2D eigenvalue weighted by Crippen LogP contribution is -2.37. The molecule has 11 heteroatoms. The molecule has 4 amide bonds. The van der Waals surface area contributed by atoms with Crippen molar-refractivity contribution in [2.75, 3.05) is 11.9 Å². The Hall–Kier alpha value is -4.93. The highest BCUT2D eigenvalue weighted by atomic mass is 16.6. The predicted molar refractivity (Wildman–Crippen MR) is 119 cm³/mol. The first-order chi connectivity index (χ1) is 16.3. The summed E-state index contributed by atoms with van der Waals surface area (Å²) in [6.07, 6.45) is 3.04. The maximum absolute atomic E-state index is 12.5. The van der Waals surface area contributed by atoms with Gasteiger partial charge in [-0.3, -0.25) is 39.2 Å². The number of hydrogen-bond acceptors (Lipinski definition) is 7. The minimum absolute atomic E-state index is 0.0149. The van der Waals surface area contributed by atoms with Gasteiger partial charge in [0.1, 0.15) is 6.54 Å². The van der Waals surface area contributed by atoms with E-state index < -0.39 is 29.2 Å². The highest BCUT2D eigenvalue weighted by molar-refractivity contribution is 6.23. The van der Waals surface area contributed by atoms with E-state index in [4.69, 9.17) is 0 Å². The molecule has 1 aliphatic rings. The zero-order valence-corrected chi connectivity index (χ0v) is 17.6. The lowest BCUT2D eigenvalue weighted by atomic mass is 10.1. The number of anilines is 1. The second-order valence-electron chi connectivity index (χ2n) is 7.35. The first-order valence-electron chi connectivity index (χ1n) is 10.0. The third kappa shape index (κ3) is 4.63. The minimum atomic E-state index is -0.765. The van der Waals surface area contributed by atoms with Gasteiger partial charge in [-0.25, -0.2) is 0 Å². The molecule has 0 atom stereocenters. The Labute approximate surface area is 192 Å². The van der Waals surface area contributed by atoms with Crippen molar-refractivity contribution in [3.05, 3.63) is 99.4 Å². The third-order valence-electron chi connectivity index (χ3n) is 5.08. The van der Waals surface area contributed by atoms with E-state index >= 15 is 0 Å². The van der Waals surface area contributed by atoms with Crippen molar-refractivity contribution in [1.82, 2.24) is 15.2 Å². The molecule has 2 N–H and O–H groups in total. The van der Waals surface area contributed by atoms with Crippen LogP contribution in [0.25, 0.3) is 0 Å². The molecule has 0 spiro atoms. The fourth-order valence-electron chi connectivity index (χ4n) is 3.37. The Bertz CT molecular complexity index is 1310. The molecule has 2 heterocycles. The Morgan fingerprint density at radius 3 is 2.41 bits per heavy atom. The number of aromatic nitrogens is 1. The second kappa shape index (κ2) is 9.28. The van der Waals surface area contributed by atoms with Crippen LogP contribution < -0.4 is 10.6 Å². The number of nitrogens with zero attached hydrogens (tertiary/aromatic N) is 3. The van der Waals surface area contributed by atoms with Gasteiger partial charge >= 0.3 is 0 Å². The molecule has 3 aromatic rings. The molecule has 0 saturated carbocycles. The van der Waals surface area contributed by atoms with Crippen LogP contribution in [-0.2, 0) is 11.3 Å². The zero-order chi connectivity index (χ0) is 24.2. The average molecular weight is 459 g/mol. The highest BCUT2D eigenvalue weighted by Gasteiger charge is 2.37. The van der Waals surface area contributed by atoms with Gasteiger partial charge in [0.15, 0.2) is 0 Å². The van der Waals surface area contributed by atoms with E-state index in [1.54, 1.807) is 42.6 Å². The number of nitro groups is 1. The van der Waals surface area contributed by atoms with E-state index in [9.17, 15) is 29.3 Å². The predicted octanol–water partition coefficient (Wildman–Crippen LogP) is 2.15. The molecule has 0 unspecified atom stereocenters. The molecule has 1 aliphatic heterocycles. The van der Waals surface area contributed by atoms with Crippen LogP contribution in [0.5, 0.6) is 0 Å². The summed E-state index contributed by atoms with van der Waals surface area (Å²) in [5, 5.41) is 16.3. The van der Waals surface area contributed by atoms with Gasteiger partial charge in [-0.1, -0.05) is 12.1 Å². The number of imide groups is 1. The summed E-state index contributed by atoms with van der Waals surface area (Å²) >= 11 is 0. The van der Waals surface area contributed by atoms with Crippen molar-refractivity contribution in [3.63, 3.8) is 0 Å². The number of fused-ring (bicyclic) bond motifs is 1. The highest BCUT2D eigenvalue weighted by Crippen LogP contribution is 2.26. The number of non-ortho nitro benzene ring substituents is 1. The summed E-state index contributed by atoms with van der Waals surface area (Å²) in [5.74, 6) is -2.33. The molecular weight excluding hydrogens is 442 g/mol. The number of benzene rings is 2. The largest absolute Gasteiger partial charge is 0.348 e. The molecular formula is C23H17N5O6. The SMILES string of the molecule is O=C(CN1C(=O)c2ccc([N+](=O)[O-])cc2C1=O)Nc1ccc(CNC(=O)c2cccnc2)cc1. The molecule has 0 fully saturated rings. The smallest absolute Gasteiger partial charge is 0.270 e. The summed E-state index contributed by atoms with van der Waals surface area (Å²) in [7, 11) is 0. The summed E-state index contributed by atoms with van der Waals surface area (Å²) in [6, 6.07) is 13.3. The van der Waals surface area contributed by atoms with Crippen molar-refractivity contribution in [2.45, 2.75) is 6.54 Å².